The summed E-state index contributed by atoms with van der Waals surface area (Å²) in [5, 5.41) is 3.93. The molecule has 0 fully saturated rings. The molecule has 0 aliphatic rings. The van der Waals surface area contributed by atoms with Crippen LogP contribution in [-0.4, -0.2) is 4.98 Å². The fourth-order valence-corrected chi connectivity index (χ4v) is 2.04. The summed E-state index contributed by atoms with van der Waals surface area (Å²) in [4.78, 5) is 5.01. The largest absolute Gasteiger partial charge is 0.329 e. The van der Waals surface area contributed by atoms with E-state index in [0.29, 0.717) is 22.4 Å². The van der Waals surface area contributed by atoms with Crippen LogP contribution in [0.25, 0.3) is 0 Å². The van der Waals surface area contributed by atoms with Crippen molar-refractivity contribution in [1.82, 2.24) is 4.98 Å². The third-order valence-corrected chi connectivity index (χ3v) is 3.09. The predicted octanol–water partition coefficient (Wildman–Crippen LogP) is 3.14. The number of nitrogens with two attached hydrogens (primary N) is 1. The Bertz CT molecular complexity index is 501. The van der Waals surface area contributed by atoms with Crippen LogP contribution in [-0.2, 0) is 6.54 Å². The lowest BCUT2D eigenvalue weighted by molar-refractivity contribution is 0.632. The Kier molecular flexibility index (Phi) is 3.38. The average Bonchev–Trinajstić information content (AvgIpc) is 2.71. The molecule has 2 rings (SSSR count). The van der Waals surface area contributed by atoms with E-state index in [9.17, 15) is 4.39 Å². The first-order chi connectivity index (χ1) is 7.69. The first-order valence-corrected chi connectivity index (χ1v) is 5.75. The zero-order valence-electron chi connectivity index (χ0n) is 8.21. The lowest BCUT2D eigenvalue weighted by Crippen LogP contribution is -1.92. The van der Waals surface area contributed by atoms with Crippen LogP contribution in [0.4, 0.5) is 15.2 Å². The Hall–Kier alpha value is -1.17. The van der Waals surface area contributed by atoms with Gasteiger partial charge in [-0.1, -0.05) is 11.6 Å². The summed E-state index contributed by atoms with van der Waals surface area (Å²) < 4.78 is 13.4. The molecule has 0 radical (unpaired) electrons. The normalized spacial score (nSPS) is 10.4. The third-order valence-electron chi connectivity index (χ3n) is 1.92. The van der Waals surface area contributed by atoms with E-state index in [1.54, 1.807) is 6.20 Å². The second kappa shape index (κ2) is 4.78. The van der Waals surface area contributed by atoms with Crippen LogP contribution in [0.3, 0.4) is 0 Å². The zero-order chi connectivity index (χ0) is 11.5. The van der Waals surface area contributed by atoms with E-state index in [4.69, 9.17) is 17.3 Å². The van der Waals surface area contributed by atoms with Gasteiger partial charge in [-0.15, -0.1) is 11.3 Å². The minimum absolute atomic E-state index is 0.311. The summed E-state index contributed by atoms with van der Waals surface area (Å²) >= 11 is 7.16. The van der Waals surface area contributed by atoms with Gasteiger partial charge in [0, 0.05) is 22.6 Å². The molecule has 16 heavy (non-hydrogen) atoms. The molecule has 1 aromatic carbocycles. The summed E-state index contributed by atoms with van der Waals surface area (Å²) in [5.41, 5.74) is 5.77. The second-order valence-corrected chi connectivity index (χ2v) is 4.64. The number of rotatable bonds is 3. The van der Waals surface area contributed by atoms with Gasteiger partial charge in [-0.05, 0) is 18.2 Å². The maximum atomic E-state index is 13.4. The molecule has 0 aliphatic heterocycles. The number of aromatic nitrogens is 1. The van der Waals surface area contributed by atoms with Gasteiger partial charge in [0.2, 0.25) is 0 Å². The topological polar surface area (TPSA) is 50.9 Å². The monoisotopic (exact) mass is 257 g/mol. The molecule has 3 N–H and O–H groups in total. The van der Waals surface area contributed by atoms with Crippen LogP contribution >= 0.6 is 22.9 Å². The van der Waals surface area contributed by atoms with Gasteiger partial charge in [-0.3, -0.25) is 0 Å². The second-order valence-electron chi connectivity index (χ2n) is 3.09. The number of benzene rings is 1. The average molecular weight is 258 g/mol. The summed E-state index contributed by atoms with van der Waals surface area (Å²) in [7, 11) is 0. The van der Waals surface area contributed by atoms with Crippen molar-refractivity contribution in [2.45, 2.75) is 6.54 Å². The summed E-state index contributed by atoms with van der Waals surface area (Å²) in [5.74, 6) is -0.367. The van der Waals surface area contributed by atoms with Gasteiger partial charge in [-0.2, -0.15) is 0 Å². The van der Waals surface area contributed by atoms with Crippen LogP contribution in [0.2, 0.25) is 5.02 Å². The van der Waals surface area contributed by atoms with Crippen molar-refractivity contribution in [2.75, 3.05) is 5.32 Å². The fraction of sp³-hybridized carbons (Fsp3) is 0.100. The predicted molar refractivity (Wildman–Crippen MR) is 64.7 cm³/mol. The molecule has 0 atom stereocenters. The lowest BCUT2D eigenvalue weighted by atomic mass is 10.3. The molecule has 0 saturated heterocycles. The van der Waals surface area contributed by atoms with Crippen molar-refractivity contribution < 1.29 is 4.39 Å². The van der Waals surface area contributed by atoms with Crippen LogP contribution in [0.15, 0.2) is 24.4 Å². The summed E-state index contributed by atoms with van der Waals surface area (Å²) in [6, 6.07) is 4.32. The molecule has 2 aromatic rings. The van der Waals surface area contributed by atoms with Crippen molar-refractivity contribution in [3.05, 3.63) is 40.1 Å². The van der Waals surface area contributed by atoms with Crippen LogP contribution < -0.4 is 11.1 Å². The fourth-order valence-electron chi connectivity index (χ4n) is 1.17. The van der Waals surface area contributed by atoms with Gasteiger partial charge in [0.1, 0.15) is 5.82 Å². The Balaban J connectivity index is 2.22. The number of nitrogens with zero attached hydrogens (tertiary/aromatic N) is 1. The number of halogens is 2. The van der Waals surface area contributed by atoms with Crippen molar-refractivity contribution in [1.29, 1.82) is 0 Å². The van der Waals surface area contributed by atoms with Gasteiger partial charge in [0.15, 0.2) is 5.13 Å². The van der Waals surface area contributed by atoms with E-state index in [1.807, 2.05) is 0 Å². The first kappa shape index (κ1) is 11.3. The van der Waals surface area contributed by atoms with Crippen molar-refractivity contribution in [3.63, 3.8) is 0 Å². The molecule has 0 aliphatic carbocycles. The lowest BCUT2D eigenvalue weighted by Gasteiger charge is -2.04. The first-order valence-electron chi connectivity index (χ1n) is 4.56. The molecule has 0 unspecified atom stereocenters. The van der Waals surface area contributed by atoms with Crippen LogP contribution in [0.1, 0.15) is 4.88 Å². The Morgan fingerprint density at radius 3 is 3.00 bits per heavy atom. The Morgan fingerprint density at radius 1 is 1.50 bits per heavy atom. The van der Waals surface area contributed by atoms with E-state index >= 15 is 0 Å². The van der Waals surface area contributed by atoms with Crippen molar-refractivity contribution in [2.24, 2.45) is 5.73 Å². The van der Waals surface area contributed by atoms with Gasteiger partial charge < -0.3 is 11.1 Å². The van der Waals surface area contributed by atoms with Crippen molar-refractivity contribution >= 4 is 33.8 Å². The molecule has 6 heteroatoms. The molecule has 1 heterocycles. The highest BCUT2D eigenvalue weighted by Crippen LogP contribution is 2.26. The summed E-state index contributed by atoms with van der Waals surface area (Å²) in [6.07, 6.45) is 1.66. The van der Waals surface area contributed by atoms with Crippen molar-refractivity contribution in [3.8, 4) is 0 Å². The Labute approximate surface area is 101 Å². The third kappa shape index (κ3) is 2.49. The Morgan fingerprint density at radius 2 is 2.31 bits per heavy atom. The molecular formula is C10H9ClFN3S. The smallest absolute Gasteiger partial charge is 0.187 e. The standard InChI is InChI=1S/C10H9ClFN3S/c11-6-1-2-8(12)9(3-6)15-10-14-5-7(4-13)16-10/h1-3,5H,4,13H2,(H,14,15). The highest BCUT2D eigenvalue weighted by molar-refractivity contribution is 7.15. The summed E-state index contributed by atoms with van der Waals surface area (Å²) in [6.45, 7) is 0.428. The number of nitrogens with one attached hydrogen (secondary N) is 1. The van der Waals surface area contributed by atoms with Gasteiger partial charge in [-0.25, -0.2) is 9.37 Å². The minimum Gasteiger partial charge on any atom is -0.329 e. The molecule has 0 saturated carbocycles. The van der Waals surface area contributed by atoms with Gasteiger partial charge >= 0.3 is 0 Å². The highest BCUT2D eigenvalue weighted by Gasteiger charge is 2.06. The van der Waals surface area contributed by atoms with E-state index in [2.05, 4.69) is 10.3 Å². The van der Waals surface area contributed by atoms with E-state index in [-0.39, 0.29) is 5.82 Å². The number of thiazole rings is 1. The van der Waals surface area contributed by atoms with Crippen LogP contribution in [0, 0.1) is 5.82 Å². The molecule has 0 bridgehead atoms. The molecular weight excluding hydrogens is 249 g/mol. The molecule has 1 aromatic heterocycles. The van der Waals surface area contributed by atoms with E-state index in [0.717, 1.165) is 4.88 Å². The van der Waals surface area contributed by atoms with Gasteiger partial charge in [0.25, 0.3) is 0 Å². The number of hydrogen-bond donors (Lipinski definition) is 2. The maximum Gasteiger partial charge on any atom is 0.187 e. The highest BCUT2D eigenvalue weighted by atomic mass is 35.5. The van der Waals surface area contributed by atoms with E-state index < -0.39 is 0 Å². The van der Waals surface area contributed by atoms with Crippen LogP contribution in [0.5, 0.6) is 0 Å². The molecule has 0 spiro atoms. The molecule has 3 nitrogen and oxygen atoms in total. The molecule has 84 valence electrons. The van der Waals surface area contributed by atoms with Gasteiger partial charge in [0.05, 0.1) is 5.69 Å². The quantitative estimate of drug-likeness (QED) is 0.888. The van der Waals surface area contributed by atoms with E-state index in [1.165, 1.54) is 29.5 Å². The maximum absolute atomic E-state index is 13.4. The number of anilines is 2. The molecule has 0 amide bonds. The minimum atomic E-state index is -0.367. The number of hydrogen-bond acceptors (Lipinski definition) is 4. The SMILES string of the molecule is NCc1cnc(Nc2cc(Cl)ccc2F)s1. The zero-order valence-corrected chi connectivity index (χ0v) is 9.78.